The molecule has 2 aromatic heterocycles. The Bertz CT molecular complexity index is 1030. The average Bonchev–Trinajstić information content (AvgIpc) is 3.16. The number of piperidine rings is 1. The summed E-state index contributed by atoms with van der Waals surface area (Å²) in [5, 5.41) is 0. The van der Waals surface area contributed by atoms with Crippen LogP contribution < -0.4 is 4.90 Å². The molecule has 0 bridgehead atoms. The molecule has 148 valence electrons. The summed E-state index contributed by atoms with van der Waals surface area (Å²) in [5.74, 6) is 0.231. The quantitative estimate of drug-likeness (QED) is 0.625. The molecule has 3 heterocycles. The van der Waals surface area contributed by atoms with E-state index in [1.807, 2.05) is 11.0 Å². The van der Waals surface area contributed by atoms with E-state index < -0.39 is 11.7 Å². The Hall–Kier alpha value is -2.77. The van der Waals surface area contributed by atoms with Gasteiger partial charge in [0.15, 0.2) is 5.82 Å². The van der Waals surface area contributed by atoms with Gasteiger partial charge in [0.05, 0.1) is 34.6 Å². The lowest BCUT2D eigenvalue weighted by Gasteiger charge is -2.33. The third-order valence-corrected chi connectivity index (χ3v) is 5.11. The molecule has 28 heavy (non-hydrogen) atoms. The summed E-state index contributed by atoms with van der Waals surface area (Å²) < 4.78 is 46.2. The molecule has 4 rings (SSSR count). The summed E-state index contributed by atoms with van der Waals surface area (Å²) in [6.07, 6.45) is -1.10. The van der Waals surface area contributed by atoms with Crippen LogP contribution in [0.4, 0.5) is 19.0 Å². The first kappa shape index (κ1) is 18.6. The Labute approximate surface area is 159 Å². The zero-order valence-corrected chi connectivity index (χ0v) is 15.4. The van der Waals surface area contributed by atoms with Crippen molar-refractivity contribution in [1.29, 1.82) is 0 Å². The van der Waals surface area contributed by atoms with Crippen molar-refractivity contribution < 1.29 is 22.7 Å². The number of alkyl halides is 3. The Balaban J connectivity index is 1.77. The molecule has 1 fully saturated rings. The molecular weight excluding hydrogens is 371 g/mol. The number of nitrogens with zero attached hydrogens (tertiary/aromatic N) is 3. The summed E-state index contributed by atoms with van der Waals surface area (Å²) in [7, 11) is 0. The number of anilines is 1. The van der Waals surface area contributed by atoms with Crippen LogP contribution in [-0.4, -0.2) is 35.1 Å². The van der Waals surface area contributed by atoms with Crippen molar-refractivity contribution in [2.75, 3.05) is 24.6 Å². The van der Waals surface area contributed by atoms with E-state index in [4.69, 9.17) is 4.74 Å². The van der Waals surface area contributed by atoms with Crippen LogP contribution in [0.25, 0.3) is 16.6 Å². The molecule has 8 heteroatoms. The van der Waals surface area contributed by atoms with Crippen LogP contribution in [0.15, 0.2) is 36.5 Å². The molecule has 1 atom stereocenters. The van der Waals surface area contributed by atoms with Crippen molar-refractivity contribution >= 4 is 28.3 Å². The van der Waals surface area contributed by atoms with Crippen LogP contribution in [0.2, 0.25) is 0 Å². The van der Waals surface area contributed by atoms with E-state index in [0.29, 0.717) is 30.0 Å². The second-order valence-electron chi connectivity index (χ2n) is 6.94. The molecule has 0 radical (unpaired) electrons. The molecule has 5 nitrogen and oxygen atoms in total. The van der Waals surface area contributed by atoms with Crippen molar-refractivity contribution in [3.63, 3.8) is 0 Å². The molecule has 3 aromatic rings. The van der Waals surface area contributed by atoms with Crippen molar-refractivity contribution in [2.45, 2.75) is 25.9 Å². The number of hydrogen-bond donors (Lipinski definition) is 0. The highest BCUT2D eigenvalue weighted by Crippen LogP contribution is 2.34. The number of halogens is 3. The van der Waals surface area contributed by atoms with E-state index >= 15 is 0 Å². The van der Waals surface area contributed by atoms with Crippen LogP contribution in [0, 0.1) is 5.92 Å². The highest BCUT2D eigenvalue weighted by atomic mass is 19.4. The highest BCUT2D eigenvalue weighted by molar-refractivity contribution is 5.86. The van der Waals surface area contributed by atoms with Crippen molar-refractivity contribution in [3.8, 4) is 0 Å². The molecular formula is C20H20F3N3O2. The third-order valence-electron chi connectivity index (χ3n) is 5.11. The van der Waals surface area contributed by atoms with E-state index in [1.165, 1.54) is 6.07 Å². The lowest BCUT2D eigenvalue weighted by atomic mass is 9.98. The minimum atomic E-state index is -4.41. The minimum absolute atomic E-state index is 0.214. The van der Waals surface area contributed by atoms with Crippen molar-refractivity contribution in [2.24, 2.45) is 5.92 Å². The topological polar surface area (TPSA) is 46.8 Å². The van der Waals surface area contributed by atoms with E-state index in [-0.39, 0.29) is 11.9 Å². The second kappa shape index (κ2) is 7.00. The Morgan fingerprint density at radius 1 is 1.29 bits per heavy atom. The highest BCUT2D eigenvalue weighted by Gasteiger charge is 2.32. The number of hydrogen-bond acceptors (Lipinski definition) is 4. The first-order valence-electron chi connectivity index (χ1n) is 9.28. The standard InChI is InChI=1S/C20H20F3N3O2/c1-2-28-19(27)13-5-3-9-25(12-13)18-16-6-4-10-26(16)17-11-14(20(21,22)23)7-8-15(17)24-18/h4,6-8,10-11,13H,2-3,5,9,12H2,1H3. The molecule has 1 aliphatic rings. The fraction of sp³-hybridized carbons (Fsp3) is 0.400. The zero-order chi connectivity index (χ0) is 19.9. The maximum Gasteiger partial charge on any atom is 0.416 e. The van der Waals surface area contributed by atoms with E-state index in [0.717, 1.165) is 37.0 Å². The van der Waals surface area contributed by atoms with E-state index in [9.17, 15) is 18.0 Å². The number of ether oxygens (including phenoxy) is 1. The molecule has 1 aliphatic heterocycles. The summed E-state index contributed by atoms with van der Waals surface area (Å²) in [4.78, 5) is 18.8. The summed E-state index contributed by atoms with van der Waals surface area (Å²) in [5.41, 5.74) is 0.892. The van der Waals surface area contributed by atoms with Crippen LogP contribution >= 0.6 is 0 Å². The molecule has 0 aliphatic carbocycles. The molecule has 1 unspecified atom stereocenters. The van der Waals surface area contributed by atoms with Gasteiger partial charge in [-0.1, -0.05) is 0 Å². The third kappa shape index (κ3) is 3.27. The van der Waals surface area contributed by atoms with Crippen LogP contribution in [0.3, 0.4) is 0 Å². The first-order valence-corrected chi connectivity index (χ1v) is 9.28. The number of esters is 1. The fourth-order valence-electron chi connectivity index (χ4n) is 3.79. The summed E-state index contributed by atoms with van der Waals surface area (Å²) >= 11 is 0. The average molecular weight is 391 g/mol. The normalized spacial score (nSPS) is 18.0. The molecule has 0 amide bonds. The van der Waals surface area contributed by atoms with Crippen LogP contribution in [-0.2, 0) is 15.7 Å². The van der Waals surface area contributed by atoms with Gasteiger partial charge < -0.3 is 14.0 Å². The largest absolute Gasteiger partial charge is 0.466 e. The van der Waals surface area contributed by atoms with E-state index in [2.05, 4.69) is 4.98 Å². The van der Waals surface area contributed by atoms with Gasteiger partial charge >= 0.3 is 12.1 Å². The van der Waals surface area contributed by atoms with Crippen LogP contribution in [0.1, 0.15) is 25.3 Å². The van der Waals surface area contributed by atoms with Gasteiger partial charge in [0, 0.05) is 19.3 Å². The number of benzene rings is 1. The van der Waals surface area contributed by atoms with E-state index in [1.54, 1.807) is 23.6 Å². The SMILES string of the molecule is CCOC(=O)C1CCCN(c2nc3ccc(C(F)(F)F)cc3n3cccc23)C1. The maximum atomic E-state index is 13.1. The van der Waals surface area contributed by atoms with Gasteiger partial charge in [-0.3, -0.25) is 4.79 Å². The molecule has 0 saturated carbocycles. The minimum Gasteiger partial charge on any atom is -0.466 e. The predicted octanol–water partition coefficient (Wildman–Crippen LogP) is 4.29. The molecule has 0 spiro atoms. The molecule has 0 N–H and O–H groups in total. The van der Waals surface area contributed by atoms with Gasteiger partial charge in [-0.05, 0) is 50.1 Å². The number of rotatable bonds is 3. The zero-order valence-electron chi connectivity index (χ0n) is 15.4. The van der Waals surface area contributed by atoms with Gasteiger partial charge in [0.1, 0.15) is 0 Å². The Morgan fingerprint density at radius 2 is 2.11 bits per heavy atom. The van der Waals surface area contributed by atoms with Crippen LogP contribution in [0.5, 0.6) is 0 Å². The number of fused-ring (bicyclic) bond motifs is 3. The first-order chi connectivity index (χ1) is 13.4. The predicted molar refractivity (Wildman–Crippen MR) is 99.3 cm³/mol. The Kier molecular flexibility index (Phi) is 4.64. The lowest BCUT2D eigenvalue weighted by molar-refractivity contribution is -0.148. The molecule has 1 saturated heterocycles. The number of carbonyl (C=O) groups is 1. The number of carbonyl (C=O) groups excluding carboxylic acids is 1. The number of aromatic nitrogens is 2. The monoisotopic (exact) mass is 391 g/mol. The van der Waals surface area contributed by atoms with Gasteiger partial charge in [-0.25, -0.2) is 4.98 Å². The Morgan fingerprint density at radius 3 is 2.86 bits per heavy atom. The maximum absolute atomic E-state index is 13.1. The molecule has 1 aromatic carbocycles. The fourth-order valence-corrected chi connectivity index (χ4v) is 3.79. The summed E-state index contributed by atoms with van der Waals surface area (Å²) in [6.45, 7) is 3.34. The van der Waals surface area contributed by atoms with Crippen molar-refractivity contribution in [1.82, 2.24) is 9.38 Å². The van der Waals surface area contributed by atoms with Gasteiger partial charge in [-0.15, -0.1) is 0 Å². The van der Waals surface area contributed by atoms with Gasteiger partial charge in [-0.2, -0.15) is 13.2 Å². The van der Waals surface area contributed by atoms with Gasteiger partial charge in [0.2, 0.25) is 0 Å². The second-order valence-corrected chi connectivity index (χ2v) is 6.94. The van der Waals surface area contributed by atoms with Gasteiger partial charge in [0.25, 0.3) is 0 Å². The lowest BCUT2D eigenvalue weighted by Crippen LogP contribution is -2.40. The summed E-state index contributed by atoms with van der Waals surface area (Å²) in [6, 6.07) is 7.18. The van der Waals surface area contributed by atoms with Crippen molar-refractivity contribution in [3.05, 3.63) is 42.1 Å². The smallest absolute Gasteiger partial charge is 0.416 e.